The molecule has 2 aromatic rings. The van der Waals surface area contributed by atoms with Gasteiger partial charge in [0.15, 0.2) is 5.82 Å². The topological polar surface area (TPSA) is 60.0 Å². The SMILES string of the molecule is c1cnn(C[C@@H]2CCCN2Cc2nc(C3CC3)no2)c1. The van der Waals surface area contributed by atoms with E-state index in [9.17, 15) is 0 Å². The Hall–Kier alpha value is -1.69. The maximum Gasteiger partial charge on any atom is 0.240 e. The zero-order valence-electron chi connectivity index (χ0n) is 11.5. The Labute approximate surface area is 117 Å². The first-order chi connectivity index (χ1) is 9.88. The lowest BCUT2D eigenvalue weighted by atomic mass is 10.2. The molecule has 4 rings (SSSR count). The minimum atomic E-state index is 0.520. The highest BCUT2D eigenvalue weighted by Gasteiger charge is 2.30. The monoisotopic (exact) mass is 273 g/mol. The van der Waals surface area contributed by atoms with Crippen LogP contribution in [0.25, 0.3) is 0 Å². The van der Waals surface area contributed by atoms with E-state index in [1.807, 2.05) is 23.1 Å². The standard InChI is InChI=1S/C14H19N5O/c1-3-12(9-19-8-2-6-15-19)18(7-1)10-13-16-14(17-20-13)11-4-5-11/h2,6,8,11-12H,1,3-5,7,9-10H2/t12-/m0/s1. The molecule has 1 aliphatic heterocycles. The summed E-state index contributed by atoms with van der Waals surface area (Å²) in [5.41, 5.74) is 0. The second kappa shape index (κ2) is 5.01. The molecule has 1 atom stereocenters. The van der Waals surface area contributed by atoms with Gasteiger partial charge in [0, 0.05) is 24.4 Å². The summed E-state index contributed by atoms with van der Waals surface area (Å²) < 4.78 is 7.39. The maximum absolute atomic E-state index is 5.39. The number of hydrogen-bond donors (Lipinski definition) is 0. The van der Waals surface area contributed by atoms with Gasteiger partial charge in [0.1, 0.15) is 0 Å². The molecule has 0 N–H and O–H groups in total. The number of aromatic nitrogens is 4. The van der Waals surface area contributed by atoms with E-state index in [2.05, 4.69) is 20.1 Å². The number of hydrogen-bond acceptors (Lipinski definition) is 5. The van der Waals surface area contributed by atoms with Crippen LogP contribution in [0, 0.1) is 0 Å². The molecule has 0 spiro atoms. The van der Waals surface area contributed by atoms with E-state index in [4.69, 9.17) is 4.52 Å². The third-order valence-electron chi connectivity index (χ3n) is 4.22. The van der Waals surface area contributed by atoms with Gasteiger partial charge in [-0.1, -0.05) is 5.16 Å². The average molecular weight is 273 g/mol. The van der Waals surface area contributed by atoms with Crippen LogP contribution in [-0.2, 0) is 13.1 Å². The molecule has 0 amide bonds. The van der Waals surface area contributed by atoms with Crippen molar-refractivity contribution in [3.8, 4) is 0 Å². The lowest BCUT2D eigenvalue weighted by Crippen LogP contribution is -2.32. The van der Waals surface area contributed by atoms with Crippen molar-refractivity contribution < 1.29 is 4.52 Å². The van der Waals surface area contributed by atoms with Crippen molar-refractivity contribution in [2.45, 2.75) is 50.7 Å². The summed E-state index contributed by atoms with van der Waals surface area (Å²) in [5.74, 6) is 2.23. The fourth-order valence-electron chi connectivity index (χ4n) is 2.95. The van der Waals surface area contributed by atoms with Gasteiger partial charge in [0.2, 0.25) is 5.89 Å². The lowest BCUT2D eigenvalue weighted by Gasteiger charge is -2.22. The minimum absolute atomic E-state index is 0.520. The highest BCUT2D eigenvalue weighted by molar-refractivity contribution is 5.03. The number of nitrogens with zero attached hydrogens (tertiary/aromatic N) is 5. The van der Waals surface area contributed by atoms with E-state index in [1.54, 1.807) is 0 Å². The molecule has 0 radical (unpaired) electrons. The van der Waals surface area contributed by atoms with Crippen molar-refractivity contribution >= 4 is 0 Å². The molecular formula is C14H19N5O. The fraction of sp³-hybridized carbons (Fsp3) is 0.643. The van der Waals surface area contributed by atoms with Crippen LogP contribution >= 0.6 is 0 Å². The molecule has 6 nitrogen and oxygen atoms in total. The van der Waals surface area contributed by atoms with E-state index in [1.165, 1.54) is 25.7 Å². The molecule has 6 heteroatoms. The predicted octanol–water partition coefficient (Wildman–Crippen LogP) is 1.81. The molecule has 106 valence electrons. The molecule has 0 aromatic carbocycles. The van der Waals surface area contributed by atoms with Crippen LogP contribution in [-0.4, -0.2) is 37.4 Å². The van der Waals surface area contributed by atoms with Gasteiger partial charge in [-0.2, -0.15) is 10.1 Å². The van der Waals surface area contributed by atoms with E-state index in [0.717, 1.165) is 31.3 Å². The first kappa shape index (κ1) is 12.1. The molecule has 3 heterocycles. The molecule has 1 aliphatic carbocycles. The van der Waals surface area contributed by atoms with Crippen LogP contribution in [0.2, 0.25) is 0 Å². The second-order valence-electron chi connectivity index (χ2n) is 5.82. The Bertz CT molecular complexity index is 560. The fourth-order valence-corrected chi connectivity index (χ4v) is 2.95. The third kappa shape index (κ3) is 2.47. The van der Waals surface area contributed by atoms with Crippen LogP contribution in [0.5, 0.6) is 0 Å². The van der Waals surface area contributed by atoms with Gasteiger partial charge < -0.3 is 4.52 Å². The maximum atomic E-state index is 5.39. The first-order valence-electron chi connectivity index (χ1n) is 7.42. The zero-order valence-corrected chi connectivity index (χ0v) is 11.5. The molecule has 1 saturated carbocycles. The van der Waals surface area contributed by atoms with E-state index in [-0.39, 0.29) is 0 Å². The highest BCUT2D eigenvalue weighted by atomic mass is 16.5. The van der Waals surface area contributed by atoms with Gasteiger partial charge in [-0.15, -0.1) is 0 Å². The Morgan fingerprint density at radius 2 is 2.25 bits per heavy atom. The van der Waals surface area contributed by atoms with Crippen LogP contribution in [0.3, 0.4) is 0 Å². The van der Waals surface area contributed by atoms with Gasteiger partial charge in [-0.25, -0.2) is 0 Å². The van der Waals surface area contributed by atoms with E-state index < -0.39 is 0 Å². The molecule has 0 unspecified atom stereocenters. The predicted molar refractivity (Wildman–Crippen MR) is 71.9 cm³/mol. The normalized spacial score (nSPS) is 23.5. The van der Waals surface area contributed by atoms with Gasteiger partial charge in [0.05, 0.1) is 13.1 Å². The summed E-state index contributed by atoms with van der Waals surface area (Å²) in [5, 5.41) is 8.39. The Morgan fingerprint density at radius 3 is 3.05 bits per heavy atom. The molecule has 2 fully saturated rings. The smallest absolute Gasteiger partial charge is 0.240 e. The Balaban J connectivity index is 1.40. The summed E-state index contributed by atoms with van der Waals surface area (Å²) in [6.07, 6.45) is 8.72. The van der Waals surface area contributed by atoms with Crippen molar-refractivity contribution in [2.24, 2.45) is 0 Å². The molecule has 0 bridgehead atoms. The molecular weight excluding hydrogens is 254 g/mol. The van der Waals surface area contributed by atoms with Crippen LogP contribution in [0.15, 0.2) is 23.0 Å². The summed E-state index contributed by atoms with van der Waals surface area (Å²) in [7, 11) is 0. The summed E-state index contributed by atoms with van der Waals surface area (Å²) in [4.78, 5) is 6.96. The summed E-state index contributed by atoms with van der Waals surface area (Å²) in [6, 6.07) is 2.49. The average Bonchev–Trinajstić information content (AvgIpc) is 2.88. The van der Waals surface area contributed by atoms with E-state index in [0.29, 0.717) is 12.0 Å². The van der Waals surface area contributed by atoms with Gasteiger partial charge in [-0.05, 0) is 38.3 Å². The second-order valence-corrected chi connectivity index (χ2v) is 5.82. The van der Waals surface area contributed by atoms with Crippen molar-refractivity contribution in [2.75, 3.05) is 6.54 Å². The summed E-state index contributed by atoms with van der Waals surface area (Å²) in [6.45, 7) is 2.81. The quantitative estimate of drug-likeness (QED) is 0.831. The van der Waals surface area contributed by atoms with Crippen molar-refractivity contribution in [1.82, 2.24) is 24.8 Å². The number of likely N-dealkylation sites (tertiary alicyclic amines) is 1. The zero-order chi connectivity index (χ0) is 13.4. The van der Waals surface area contributed by atoms with Gasteiger partial charge in [0.25, 0.3) is 0 Å². The molecule has 1 saturated heterocycles. The van der Waals surface area contributed by atoms with Crippen molar-refractivity contribution in [3.05, 3.63) is 30.2 Å². The summed E-state index contributed by atoms with van der Waals surface area (Å²) >= 11 is 0. The number of rotatable bonds is 5. The largest absolute Gasteiger partial charge is 0.338 e. The Morgan fingerprint density at radius 1 is 1.30 bits per heavy atom. The van der Waals surface area contributed by atoms with Crippen molar-refractivity contribution in [1.29, 1.82) is 0 Å². The van der Waals surface area contributed by atoms with Crippen LogP contribution in [0.1, 0.15) is 43.3 Å². The third-order valence-corrected chi connectivity index (χ3v) is 4.22. The van der Waals surface area contributed by atoms with Gasteiger partial charge in [-0.3, -0.25) is 9.58 Å². The minimum Gasteiger partial charge on any atom is -0.338 e. The highest BCUT2D eigenvalue weighted by Crippen LogP contribution is 2.38. The molecule has 2 aliphatic rings. The Kier molecular flexibility index (Phi) is 3.03. The molecule has 2 aromatic heterocycles. The van der Waals surface area contributed by atoms with E-state index >= 15 is 0 Å². The van der Waals surface area contributed by atoms with Gasteiger partial charge >= 0.3 is 0 Å². The van der Waals surface area contributed by atoms with Crippen LogP contribution < -0.4 is 0 Å². The van der Waals surface area contributed by atoms with Crippen LogP contribution in [0.4, 0.5) is 0 Å². The first-order valence-corrected chi connectivity index (χ1v) is 7.42. The lowest BCUT2D eigenvalue weighted by molar-refractivity contribution is 0.192. The van der Waals surface area contributed by atoms with Crippen molar-refractivity contribution in [3.63, 3.8) is 0 Å². The molecule has 20 heavy (non-hydrogen) atoms.